The standard InChI is InChI=1S/C24H28N4O3S/c1-31-21-11-9-17(14-26-21)20(13-22(29)30)24-28-19(15-32-24)7-3-2-6-18-10-8-16-5-4-12-25-23(16)27-18/h8-11,14-15,20H,2-7,12-13H2,1H3,(H,25,27)(H,29,30). The molecule has 4 heterocycles. The number of carbonyl (C=O) groups is 1. The number of fused-ring (bicyclic) bond motifs is 1. The Labute approximate surface area is 191 Å². The van der Waals surface area contributed by atoms with Crippen molar-refractivity contribution in [2.45, 2.75) is 50.9 Å². The van der Waals surface area contributed by atoms with Crippen LogP contribution in [0.1, 0.15) is 59.1 Å². The molecular formula is C24H28N4O3S. The minimum atomic E-state index is -0.852. The van der Waals surface area contributed by atoms with E-state index in [4.69, 9.17) is 14.7 Å². The molecule has 0 aromatic carbocycles. The van der Waals surface area contributed by atoms with Crippen molar-refractivity contribution in [3.05, 3.63) is 63.4 Å². The average Bonchev–Trinajstić information content (AvgIpc) is 3.29. The Balaban J connectivity index is 1.34. The van der Waals surface area contributed by atoms with Gasteiger partial charge in [-0.2, -0.15) is 0 Å². The number of aliphatic carboxylic acids is 1. The molecule has 0 saturated carbocycles. The lowest BCUT2D eigenvalue weighted by atomic mass is 9.98. The quantitative estimate of drug-likeness (QED) is 0.438. The summed E-state index contributed by atoms with van der Waals surface area (Å²) in [5.41, 5.74) is 4.30. The number of hydrogen-bond acceptors (Lipinski definition) is 7. The predicted octanol–water partition coefficient (Wildman–Crippen LogP) is 4.47. The lowest BCUT2D eigenvalue weighted by Gasteiger charge is -2.17. The third-order valence-electron chi connectivity index (χ3n) is 5.68. The number of pyridine rings is 2. The van der Waals surface area contributed by atoms with Gasteiger partial charge in [0.2, 0.25) is 5.88 Å². The summed E-state index contributed by atoms with van der Waals surface area (Å²) in [5, 5.41) is 15.6. The molecule has 0 amide bonds. The first kappa shape index (κ1) is 22.2. The van der Waals surface area contributed by atoms with Gasteiger partial charge in [-0.15, -0.1) is 11.3 Å². The normalized spacial score (nSPS) is 13.8. The molecular weight excluding hydrogens is 424 g/mol. The van der Waals surface area contributed by atoms with E-state index in [1.807, 2.05) is 11.4 Å². The Kier molecular flexibility index (Phi) is 7.32. The van der Waals surface area contributed by atoms with Crippen LogP contribution in [0.5, 0.6) is 5.88 Å². The van der Waals surface area contributed by atoms with Gasteiger partial charge in [0.15, 0.2) is 0 Å². The van der Waals surface area contributed by atoms with Gasteiger partial charge in [0.1, 0.15) is 10.8 Å². The zero-order chi connectivity index (χ0) is 22.3. The number of nitrogens with one attached hydrogen (secondary N) is 1. The van der Waals surface area contributed by atoms with Gasteiger partial charge >= 0.3 is 5.97 Å². The van der Waals surface area contributed by atoms with E-state index in [9.17, 15) is 9.90 Å². The average molecular weight is 453 g/mol. The number of unbranched alkanes of at least 4 members (excludes halogenated alkanes) is 1. The highest BCUT2D eigenvalue weighted by Crippen LogP contribution is 2.31. The number of aryl methyl sites for hydroxylation is 3. The summed E-state index contributed by atoms with van der Waals surface area (Å²) in [5.74, 6) is 0.397. The van der Waals surface area contributed by atoms with E-state index in [2.05, 4.69) is 22.4 Å². The minimum absolute atomic E-state index is 0.0149. The molecule has 0 aliphatic carbocycles. The van der Waals surface area contributed by atoms with Crippen LogP contribution in [-0.2, 0) is 24.1 Å². The van der Waals surface area contributed by atoms with Crippen LogP contribution in [0.4, 0.5) is 5.82 Å². The highest BCUT2D eigenvalue weighted by Gasteiger charge is 2.22. The molecule has 168 valence electrons. The van der Waals surface area contributed by atoms with E-state index >= 15 is 0 Å². The second-order valence-corrected chi connectivity index (χ2v) is 8.90. The second-order valence-electron chi connectivity index (χ2n) is 8.01. The van der Waals surface area contributed by atoms with Crippen molar-refractivity contribution in [1.29, 1.82) is 0 Å². The highest BCUT2D eigenvalue weighted by atomic mass is 32.1. The third-order valence-corrected chi connectivity index (χ3v) is 6.69. The number of carboxylic acids is 1. The first-order valence-corrected chi connectivity index (χ1v) is 11.9. The van der Waals surface area contributed by atoms with Gasteiger partial charge in [0.25, 0.3) is 0 Å². The first-order valence-electron chi connectivity index (χ1n) is 11.0. The van der Waals surface area contributed by atoms with E-state index in [0.29, 0.717) is 5.88 Å². The number of thiazole rings is 1. The molecule has 0 bridgehead atoms. The van der Waals surface area contributed by atoms with Crippen LogP contribution in [0.15, 0.2) is 35.8 Å². The number of rotatable bonds is 10. The Morgan fingerprint density at radius 2 is 2.03 bits per heavy atom. The van der Waals surface area contributed by atoms with Crippen molar-refractivity contribution in [3.8, 4) is 5.88 Å². The third kappa shape index (κ3) is 5.62. The number of methoxy groups -OCH3 is 1. The molecule has 1 atom stereocenters. The Hall–Kier alpha value is -3.00. The van der Waals surface area contributed by atoms with Crippen molar-refractivity contribution < 1.29 is 14.6 Å². The van der Waals surface area contributed by atoms with Crippen molar-refractivity contribution in [2.75, 3.05) is 19.0 Å². The van der Waals surface area contributed by atoms with Crippen LogP contribution in [0.2, 0.25) is 0 Å². The molecule has 0 saturated heterocycles. The van der Waals surface area contributed by atoms with E-state index in [1.54, 1.807) is 19.4 Å². The summed E-state index contributed by atoms with van der Waals surface area (Å²) in [6.45, 7) is 1.01. The monoisotopic (exact) mass is 452 g/mol. The van der Waals surface area contributed by atoms with Gasteiger partial charge in [-0.25, -0.2) is 15.0 Å². The fraction of sp³-hybridized carbons (Fsp3) is 0.417. The maximum atomic E-state index is 11.4. The number of hydrogen-bond donors (Lipinski definition) is 2. The maximum absolute atomic E-state index is 11.4. The van der Waals surface area contributed by atoms with E-state index in [-0.39, 0.29) is 12.3 Å². The van der Waals surface area contributed by atoms with Crippen LogP contribution in [0, 0.1) is 0 Å². The highest BCUT2D eigenvalue weighted by molar-refractivity contribution is 7.09. The zero-order valence-corrected chi connectivity index (χ0v) is 19.0. The lowest BCUT2D eigenvalue weighted by Crippen LogP contribution is -2.14. The zero-order valence-electron chi connectivity index (χ0n) is 18.2. The molecule has 1 aliphatic rings. The Morgan fingerprint density at radius 3 is 2.78 bits per heavy atom. The predicted molar refractivity (Wildman–Crippen MR) is 125 cm³/mol. The van der Waals surface area contributed by atoms with Gasteiger partial charge < -0.3 is 15.2 Å². The second kappa shape index (κ2) is 10.5. The van der Waals surface area contributed by atoms with E-state index < -0.39 is 5.97 Å². The summed E-state index contributed by atoms with van der Waals surface area (Å²) in [6.07, 6.45) is 7.82. The molecule has 3 aromatic rings. The summed E-state index contributed by atoms with van der Waals surface area (Å²) in [4.78, 5) is 25.2. The molecule has 32 heavy (non-hydrogen) atoms. The maximum Gasteiger partial charge on any atom is 0.304 e. The Bertz CT molecular complexity index is 1050. The fourth-order valence-corrected chi connectivity index (χ4v) is 4.94. The molecule has 0 spiro atoms. The van der Waals surface area contributed by atoms with Crippen LogP contribution >= 0.6 is 11.3 Å². The largest absolute Gasteiger partial charge is 0.481 e. The molecule has 7 nitrogen and oxygen atoms in total. The number of aromatic nitrogens is 3. The van der Waals surface area contributed by atoms with E-state index in [1.165, 1.54) is 23.3 Å². The first-order chi connectivity index (χ1) is 15.6. The van der Waals surface area contributed by atoms with Crippen LogP contribution in [-0.4, -0.2) is 39.7 Å². The minimum Gasteiger partial charge on any atom is -0.481 e. The van der Waals surface area contributed by atoms with Crippen molar-refractivity contribution in [1.82, 2.24) is 15.0 Å². The Morgan fingerprint density at radius 1 is 1.19 bits per heavy atom. The SMILES string of the molecule is COc1ccc(C(CC(=O)O)c2nc(CCCCc3ccc4c(n3)NCCC4)cs2)cn1. The van der Waals surface area contributed by atoms with Crippen LogP contribution < -0.4 is 10.1 Å². The molecule has 0 radical (unpaired) electrons. The van der Waals surface area contributed by atoms with Crippen molar-refractivity contribution >= 4 is 23.1 Å². The number of carboxylic acid groups (broad SMARTS) is 1. The smallest absolute Gasteiger partial charge is 0.304 e. The summed E-state index contributed by atoms with van der Waals surface area (Å²) < 4.78 is 5.11. The summed E-state index contributed by atoms with van der Waals surface area (Å²) >= 11 is 1.52. The topological polar surface area (TPSA) is 97.2 Å². The van der Waals surface area contributed by atoms with Crippen LogP contribution in [0.3, 0.4) is 0 Å². The fourth-order valence-electron chi connectivity index (χ4n) is 3.96. The lowest BCUT2D eigenvalue weighted by molar-refractivity contribution is -0.137. The van der Waals surface area contributed by atoms with E-state index in [0.717, 1.165) is 66.4 Å². The van der Waals surface area contributed by atoms with Crippen LogP contribution in [0.25, 0.3) is 0 Å². The number of nitrogens with zero attached hydrogens (tertiary/aromatic N) is 3. The van der Waals surface area contributed by atoms with Gasteiger partial charge in [-0.3, -0.25) is 4.79 Å². The van der Waals surface area contributed by atoms with Gasteiger partial charge in [-0.1, -0.05) is 12.1 Å². The van der Waals surface area contributed by atoms with Crippen molar-refractivity contribution in [2.24, 2.45) is 0 Å². The molecule has 1 aliphatic heterocycles. The summed E-state index contributed by atoms with van der Waals surface area (Å²) in [6, 6.07) is 7.96. The molecule has 1 unspecified atom stereocenters. The molecule has 0 fully saturated rings. The number of anilines is 1. The molecule has 4 rings (SSSR count). The van der Waals surface area contributed by atoms with Gasteiger partial charge in [0, 0.05) is 35.8 Å². The number of ether oxygens (including phenoxy) is 1. The molecule has 2 N–H and O–H groups in total. The summed E-state index contributed by atoms with van der Waals surface area (Å²) in [7, 11) is 1.56. The van der Waals surface area contributed by atoms with Gasteiger partial charge in [0.05, 0.1) is 19.2 Å². The van der Waals surface area contributed by atoms with Gasteiger partial charge in [-0.05, 0) is 55.7 Å². The molecule has 8 heteroatoms. The van der Waals surface area contributed by atoms with Crippen molar-refractivity contribution in [3.63, 3.8) is 0 Å². The molecule has 3 aromatic heterocycles.